The largest absolute Gasteiger partial charge is 0.327 e. The number of carbonyl (C=O) groups is 2. The number of hydrogen-bond donors (Lipinski definition) is 1. The van der Waals surface area contributed by atoms with Crippen LogP contribution in [0.4, 0.5) is 4.79 Å². The van der Waals surface area contributed by atoms with Gasteiger partial charge in [0.1, 0.15) is 5.54 Å². The highest BCUT2D eigenvalue weighted by molar-refractivity contribution is 6.06. The second kappa shape index (κ2) is 3.57. The summed E-state index contributed by atoms with van der Waals surface area (Å²) in [5.41, 5.74) is -0.706. The summed E-state index contributed by atoms with van der Waals surface area (Å²) < 4.78 is 0. The molecule has 0 aromatic heterocycles. The number of amides is 3. The van der Waals surface area contributed by atoms with E-state index in [0.717, 1.165) is 0 Å². The number of nitrogens with one attached hydrogen (secondary N) is 1. The minimum Gasteiger partial charge on any atom is -0.318 e. The zero-order valence-corrected chi connectivity index (χ0v) is 9.13. The van der Waals surface area contributed by atoms with Gasteiger partial charge in [0.15, 0.2) is 0 Å². The molecule has 0 atom stereocenters. The summed E-state index contributed by atoms with van der Waals surface area (Å²) >= 11 is 0. The van der Waals surface area contributed by atoms with Gasteiger partial charge < -0.3 is 10.2 Å². The van der Waals surface area contributed by atoms with E-state index in [1.807, 2.05) is 7.05 Å². The molecule has 0 saturated carbocycles. The van der Waals surface area contributed by atoms with Crippen molar-refractivity contribution < 1.29 is 9.59 Å². The molecule has 1 fully saturated rings. The highest BCUT2D eigenvalue weighted by Crippen LogP contribution is 2.25. The number of likely N-dealkylation sites (N-methyl/N-ethyl adjacent to an activating group) is 2. The third-order valence-electron chi connectivity index (χ3n) is 2.61. The molecule has 0 spiro atoms. The van der Waals surface area contributed by atoms with Crippen LogP contribution in [0.25, 0.3) is 0 Å². The van der Waals surface area contributed by atoms with Crippen LogP contribution in [0, 0.1) is 0 Å². The number of urea groups is 1. The van der Waals surface area contributed by atoms with E-state index in [0.29, 0.717) is 13.1 Å². The van der Waals surface area contributed by atoms with Crippen LogP contribution in [-0.4, -0.2) is 54.5 Å². The van der Waals surface area contributed by atoms with E-state index < -0.39 is 5.54 Å². The Kier molecular flexibility index (Phi) is 2.80. The molecule has 1 rings (SSSR count). The van der Waals surface area contributed by atoms with Crippen LogP contribution in [0.3, 0.4) is 0 Å². The number of nitrogens with zero attached hydrogens (tertiary/aromatic N) is 2. The fourth-order valence-electron chi connectivity index (χ4n) is 1.63. The maximum Gasteiger partial charge on any atom is 0.327 e. The Bertz CT molecular complexity index is 263. The first-order valence-corrected chi connectivity index (χ1v) is 4.67. The van der Waals surface area contributed by atoms with Crippen LogP contribution in [0.2, 0.25) is 0 Å². The van der Waals surface area contributed by atoms with Gasteiger partial charge in [-0.05, 0) is 20.9 Å². The van der Waals surface area contributed by atoms with Crippen LogP contribution in [0.1, 0.15) is 13.8 Å². The molecule has 1 aliphatic heterocycles. The van der Waals surface area contributed by atoms with E-state index in [1.165, 1.54) is 11.9 Å². The van der Waals surface area contributed by atoms with E-state index in [-0.39, 0.29) is 11.9 Å². The van der Waals surface area contributed by atoms with Crippen molar-refractivity contribution in [2.75, 3.05) is 27.2 Å². The van der Waals surface area contributed by atoms with Crippen LogP contribution in [-0.2, 0) is 4.79 Å². The summed E-state index contributed by atoms with van der Waals surface area (Å²) in [4.78, 5) is 26.1. The summed E-state index contributed by atoms with van der Waals surface area (Å²) in [5.74, 6) is -0.140. The van der Waals surface area contributed by atoms with Crippen molar-refractivity contribution in [1.82, 2.24) is 15.1 Å². The molecule has 1 N–H and O–H groups in total. The lowest BCUT2D eigenvalue weighted by Gasteiger charge is -2.27. The Labute approximate surface area is 84.0 Å². The summed E-state index contributed by atoms with van der Waals surface area (Å²) in [7, 11) is 3.34. The Balaban J connectivity index is 2.83. The van der Waals surface area contributed by atoms with Gasteiger partial charge in [0.25, 0.3) is 5.91 Å². The molecule has 1 aliphatic rings. The van der Waals surface area contributed by atoms with E-state index in [2.05, 4.69) is 5.32 Å². The van der Waals surface area contributed by atoms with Crippen molar-refractivity contribution in [2.45, 2.75) is 19.4 Å². The van der Waals surface area contributed by atoms with E-state index >= 15 is 0 Å². The van der Waals surface area contributed by atoms with Crippen molar-refractivity contribution in [1.29, 1.82) is 0 Å². The Hall–Kier alpha value is -1.10. The Morgan fingerprint density at radius 3 is 2.29 bits per heavy atom. The van der Waals surface area contributed by atoms with Crippen molar-refractivity contribution in [2.24, 2.45) is 0 Å². The second-order valence-corrected chi connectivity index (χ2v) is 3.96. The van der Waals surface area contributed by atoms with E-state index in [9.17, 15) is 9.59 Å². The third-order valence-corrected chi connectivity index (χ3v) is 2.61. The van der Waals surface area contributed by atoms with Gasteiger partial charge in [-0.1, -0.05) is 0 Å². The maximum absolute atomic E-state index is 11.7. The number of hydrogen-bond acceptors (Lipinski definition) is 3. The van der Waals surface area contributed by atoms with Crippen LogP contribution in [0.15, 0.2) is 0 Å². The summed E-state index contributed by atoms with van der Waals surface area (Å²) in [6.07, 6.45) is 0. The molecule has 0 aromatic rings. The fourth-order valence-corrected chi connectivity index (χ4v) is 1.63. The minimum absolute atomic E-state index is 0.140. The third kappa shape index (κ3) is 1.48. The summed E-state index contributed by atoms with van der Waals surface area (Å²) in [6.45, 7) is 4.79. The first-order chi connectivity index (χ1) is 6.42. The first-order valence-electron chi connectivity index (χ1n) is 4.67. The molecule has 0 bridgehead atoms. The molecule has 5 heteroatoms. The minimum atomic E-state index is -0.706. The van der Waals surface area contributed by atoms with Crippen LogP contribution in [0.5, 0.6) is 0 Å². The van der Waals surface area contributed by atoms with Gasteiger partial charge in [-0.2, -0.15) is 0 Å². The quantitative estimate of drug-likeness (QED) is 0.645. The lowest BCUT2D eigenvalue weighted by molar-refractivity contribution is -0.131. The molecule has 14 heavy (non-hydrogen) atoms. The Morgan fingerprint density at radius 2 is 1.93 bits per heavy atom. The van der Waals surface area contributed by atoms with Crippen molar-refractivity contribution >= 4 is 11.9 Å². The average Bonchev–Trinajstić information content (AvgIpc) is 2.27. The fraction of sp³-hybridized carbons (Fsp3) is 0.778. The van der Waals surface area contributed by atoms with Gasteiger partial charge in [0, 0.05) is 20.1 Å². The number of imide groups is 1. The first kappa shape index (κ1) is 11.0. The average molecular weight is 199 g/mol. The monoisotopic (exact) mass is 199 g/mol. The van der Waals surface area contributed by atoms with E-state index in [4.69, 9.17) is 0 Å². The second-order valence-electron chi connectivity index (χ2n) is 3.96. The predicted molar refractivity (Wildman–Crippen MR) is 52.9 cm³/mol. The standard InChI is InChI=1S/C9H17N3O2/c1-9(2)7(13)11(4)8(14)12(9)6-5-10-3/h10H,5-6H2,1-4H3. The molecule has 3 amide bonds. The van der Waals surface area contributed by atoms with Crippen LogP contribution >= 0.6 is 0 Å². The lowest BCUT2D eigenvalue weighted by Crippen LogP contribution is -2.46. The summed E-state index contributed by atoms with van der Waals surface area (Å²) in [6, 6.07) is -0.213. The maximum atomic E-state index is 11.7. The molecule has 0 radical (unpaired) electrons. The molecule has 0 unspecified atom stereocenters. The van der Waals surface area contributed by atoms with Gasteiger partial charge in [-0.3, -0.25) is 9.69 Å². The van der Waals surface area contributed by atoms with Crippen molar-refractivity contribution in [3.63, 3.8) is 0 Å². The molecule has 0 aromatic carbocycles. The van der Waals surface area contributed by atoms with Crippen molar-refractivity contribution in [3.8, 4) is 0 Å². The molecular weight excluding hydrogens is 182 g/mol. The molecule has 1 heterocycles. The number of rotatable bonds is 3. The zero-order valence-electron chi connectivity index (χ0n) is 9.13. The predicted octanol–water partition coefficient (Wildman–Crippen LogP) is -0.122. The Morgan fingerprint density at radius 1 is 1.36 bits per heavy atom. The normalized spacial score (nSPS) is 20.9. The topological polar surface area (TPSA) is 52.7 Å². The van der Waals surface area contributed by atoms with Gasteiger partial charge >= 0.3 is 6.03 Å². The highest BCUT2D eigenvalue weighted by atomic mass is 16.2. The van der Waals surface area contributed by atoms with Crippen molar-refractivity contribution in [3.05, 3.63) is 0 Å². The smallest absolute Gasteiger partial charge is 0.318 e. The summed E-state index contributed by atoms with van der Waals surface area (Å²) in [5, 5.41) is 2.96. The van der Waals surface area contributed by atoms with Gasteiger partial charge in [-0.15, -0.1) is 0 Å². The molecular formula is C9H17N3O2. The SMILES string of the molecule is CNCCN1C(=O)N(C)C(=O)C1(C)C. The lowest BCUT2D eigenvalue weighted by atomic mass is 10.0. The van der Waals surface area contributed by atoms with E-state index in [1.54, 1.807) is 18.7 Å². The molecule has 5 nitrogen and oxygen atoms in total. The zero-order chi connectivity index (χ0) is 10.9. The van der Waals surface area contributed by atoms with Crippen LogP contribution < -0.4 is 5.32 Å². The number of carbonyl (C=O) groups excluding carboxylic acids is 2. The molecule has 0 aliphatic carbocycles. The van der Waals surface area contributed by atoms with Gasteiger partial charge in [0.05, 0.1) is 0 Å². The van der Waals surface area contributed by atoms with Gasteiger partial charge in [0.2, 0.25) is 0 Å². The molecule has 1 saturated heterocycles. The molecule has 80 valence electrons. The highest BCUT2D eigenvalue weighted by Gasteiger charge is 2.48. The van der Waals surface area contributed by atoms with Gasteiger partial charge in [-0.25, -0.2) is 4.79 Å².